The number of anilines is 1. The van der Waals surface area contributed by atoms with E-state index in [-0.39, 0.29) is 5.91 Å². The van der Waals surface area contributed by atoms with Gasteiger partial charge in [0.15, 0.2) is 0 Å². The second-order valence-electron chi connectivity index (χ2n) is 9.46. The molecule has 5 heteroatoms. The zero-order chi connectivity index (χ0) is 22.3. The van der Waals surface area contributed by atoms with E-state index in [1.807, 2.05) is 29.2 Å². The molecule has 32 heavy (non-hydrogen) atoms. The predicted octanol–water partition coefficient (Wildman–Crippen LogP) is 4.67. The van der Waals surface area contributed by atoms with Crippen LogP contribution in [-0.2, 0) is 6.54 Å². The van der Waals surface area contributed by atoms with E-state index in [1.165, 1.54) is 30.5 Å². The lowest BCUT2D eigenvalue weighted by atomic mass is 9.98. The summed E-state index contributed by atoms with van der Waals surface area (Å²) < 4.78 is 6.25. The van der Waals surface area contributed by atoms with E-state index < -0.39 is 0 Å². The van der Waals surface area contributed by atoms with E-state index >= 15 is 0 Å². The number of para-hydroxylation sites is 1. The standard InChI is InChI=1S/C27H37N3O2/c1-28(2)24-14-12-22(13-15-24)19-29-16-8-9-23(20-29)21-32-26-11-5-4-10-25(26)27(31)30-17-6-3-7-18-30/h4-5,10-15,23H,3,6-9,16-21H2,1-2H3. The monoisotopic (exact) mass is 435 g/mol. The molecule has 2 fully saturated rings. The first-order valence-corrected chi connectivity index (χ1v) is 12.1. The molecule has 1 atom stereocenters. The van der Waals surface area contributed by atoms with Gasteiger partial charge in [-0.2, -0.15) is 0 Å². The first kappa shape index (κ1) is 22.7. The van der Waals surface area contributed by atoms with Crippen LogP contribution in [0, 0.1) is 5.92 Å². The van der Waals surface area contributed by atoms with Crippen molar-refractivity contribution >= 4 is 11.6 Å². The lowest BCUT2D eigenvalue weighted by Crippen LogP contribution is -2.37. The maximum Gasteiger partial charge on any atom is 0.257 e. The predicted molar refractivity (Wildman–Crippen MR) is 130 cm³/mol. The first-order chi connectivity index (χ1) is 15.6. The lowest BCUT2D eigenvalue weighted by Gasteiger charge is -2.33. The van der Waals surface area contributed by atoms with Crippen molar-refractivity contribution in [2.75, 3.05) is 51.8 Å². The highest BCUT2D eigenvalue weighted by Crippen LogP contribution is 2.25. The average Bonchev–Trinajstić information content (AvgIpc) is 2.83. The van der Waals surface area contributed by atoms with Gasteiger partial charge in [0.1, 0.15) is 5.75 Å². The van der Waals surface area contributed by atoms with Crippen LogP contribution in [0.15, 0.2) is 48.5 Å². The van der Waals surface area contributed by atoms with Crippen molar-refractivity contribution in [2.45, 2.75) is 38.6 Å². The highest BCUT2D eigenvalue weighted by molar-refractivity contribution is 5.97. The van der Waals surface area contributed by atoms with Crippen molar-refractivity contribution < 1.29 is 9.53 Å². The Bertz CT molecular complexity index is 875. The van der Waals surface area contributed by atoms with Crippen LogP contribution >= 0.6 is 0 Å². The average molecular weight is 436 g/mol. The summed E-state index contributed by atoms with van der Waals surface area (Å²) >= 11 is 0. The van der Waals surface area contributed by atoms with Crippen LogP contribution in [0.4, 0.5) is 5.69 Å². The zero-order valence-electron chi connectivity index (χ0n) is 19.6. The molecule has 0 N–H and O–H groups in total. The molecule has 0 aliphatic carbocycles. The quantitative estimate of drug-likeness (QED) is 0.633. The van der Waals surface area contributed by atoms with Gasteiger partial charge in [-0.25, -0.2) is 0 Å². The SMILES string of the molecule is CN(C)c1ccc(CN2CCCC(COc3ccccc3C(=O)N3CCCCC3)C2)cc1. The second kappa shape index (κ2) is 10.9. The van der Waals surface area contributed by atoms with Crippen LogP contribution in [0.3, 0.4) is 0 Å². The minimum Gasteiger partial charge on any atom is -0.492 e. The van der Waals surface area contributed by atoms with Gasteiger partial charge < -0.3 is 14.5 Å². The van der Waals surface area contributed by atoms with Crippen LogP contribution in [-0.4, -0.2) is 62.6 Å². The molecule has 1 unspecified atom stereocenters. The van der Waals surface area contributed by atoms with E-state index in [1.54, 1.807) is 0 Å². The number of nitrogens with zero attached hydrogens (tertiary/aromatic N) is 3. The molecule has 1 amide bonds. The zero-order valence-corrected chi connectivity index (χ0v) is 19.6. The fourth-order valence-corrected chi connectivity index (χ4v) is 4.83. The van der Waals surface area contributed by atoms with Crippen LogP contribution < -0.4 is 9.64 Å². The number of carbonyl (C=O) groups is 1. The summed E-state index contributed by atoms with van der Waals surface area (Å²) in [4.78, 5) is 19.7. The van der Waals surface area contributed by atoms with Crippen molar-refractivity contribution in [3.05, 3.63) is 59.7 Å². The van der Waals surface area contributed by atoms with Crippen molar-refractivity contribution in [1.29, 1.82) is 0 Å². The number of amides is 1. The highest BCUT2D eigenvalue weighted by atomic mass is 16.5. The number of ether oxygens (including phenoxy) is 1. The number of rotatable bonds is 7. The molecule has 172 valence electrons. The topological polar surface area (TPSA) is 36.0 Å². The Morgan fingerprint density at radius 2 is 1.72 bits per heavy atom. The van der Waals surface area contributed by atoms with Gasteiger partial charge in [-0.15, -0.1) is 0 Å². The molecule has 0 bridgehead atoms. The van der Waals surface area contributed by atoms with Crippen molar-refractivity contribution in [3.8, 4) is 5.75 Å². The molecule has 0 spiro atoms. The van der Waals surface area contributed by atoms with Gasteiger partial charge in [-0.1, -0.05) is 24.3 Å². The summed E-state index contributed by atoms with van der Waals surface area (Å²) in [7, 11) is 4.14. The van der Waals surface area contributed by atoms with Gasteiger partial charge in [-0.3, -0.25) is 9.69 Å². The number of likely N-dealkylation sites (tertiary alicyclic amines) is 2. The molecular formula is C27H37N3O2. The Labute approximate surface area is 193 Å². The van der Waals surface area contributed by atoms with Crippen LogP contribution in [0.1, 0.15) is 48.0 Å². The van der Waals surface area contributed by atoms with Gasteiger partial charge in [-0.05, 0) is 68.5 Å². The van der Waals surface area contributed by atoms with Crippen molar-refractivity contribution in [1.82, 2.24) is 9.80 Å². The van der Waals surface area contributed by atoms with Gasteiger partial charge in [0, 0.05) is 51.9 Å². The molecule has 2 aromatic carbocycles. The minimum atomic E-state index is 0.117. The summed E-state index contributed by atoms with van der Waals surface area (Å²) in [6.45, 7) is 5.54. The summed E-state index contributed by atoms with van der Waals surface area (Å²) in [5, 5.41) is 0. The van der Waals surface area contributed by atoms with E-state index in [4.69, 9.17) is 4.74 Å². The fourth-order valence-electron chi connectivity index (χ4n) is 4.83. The van der Waals surface area contributed by atoms with E-state index in [9.17, 15) is 4.79 Å². The van der Waals surface area contributed by atoms with E-state index in [2.05, 4.69) is 48.2 Å². The Kier molecular flexibility index (Phi) is 7.69. The molecule has 0 radical (unpaired) electrons. The maximum atomic E-state index is 13.0. The molecule has 2 saturated heterocycles. The first-order valence-electron chi connectivity index (χ1n) is 12.1. The van der Waals surface area contributed by atoms with Crippen molar-refractivity contribution in [2.24, 2.45) is 5.92 Å². The summed E-state index contributed by atoms with van der Waals surface area (Å²) in [6.07, 6.45) is 5.80. The third-order valence-electron chi connectivity index (χ3n) is 6.70. The minimum absolute atomic E-state index is 0.117. The number of carbonyl (C=O) groups excluding carboxylic acids is 1. The van der Waals surface area contributed by atoms with Gasteiger partial charge in [0.05, 0.1) is 12.2 Å². The molecule has 2 aliphatic heterocycles. The number of piperidine rings is 2. The number of hydrogen-bond acceptors (Lipinski definition) is 4. The molecular weight excluding hydrogens is 398 g/mol. The fraction of sp³-hybridized carbons (Fsp3) is 0.519. The number of benzene rings is 2. The number of hydrogen-bond donors (Lipinski definition) is 0. The molecule has 2 aromatic rings. The summed E-state index contributed by atoms with van der Waals surface area (Å²) in [6, 6.07) is 16.6. The Morgan fingerprint density at radius 3 is 2.47 bits per heavy atom. The molecule has 0 aromatic heterocycles. The van der Waals surface area contributed by atoms with E-state index in [0.717, 1.165) is 51.3 Å². The van der Waals surface area contributed by atoms with Gasteiger partial charge in [0.2, 0.25) is 0 Å². The van der Waals surface area contributed by atoms with E-state index in [0.29, 0.717) is 18.1 Å². The summed E-state index contributed by atoms with van der Waals surface area (Å²) in [5.41, 5.74) is 3.30. The van der Waals surface area contributed by atoms with Gasteiger partial charge >= 0.3 is 0 Å². The second-order valence-corrected chi connectivity index (χ2v) is 9.46. The van der Waals surface area contributed by atoms with Crippen LogP contribution in [0.25, 0.3) is 0 Å². The molecule has 5 nitrogen and oxygen atoms in total. The smallest absolute Gasteiger partial charge is 0.257 e. The molecule has 2 heterocycles. The third kappa shape index (κ3) is 5.83. The summed E-state index contributed by atoms with van der Waals surface area (Å²) in [5.74, 6) is 1.34. The van der Waals surface area contributed by atoms with Gasteiger partial charge in [0.25, 0.3) is 5.91 Å². The van der Waals surface area contributed by atoms with Crippen LogP contribution in [0.5, 0.6) is 5.75 Å². The Balaban J connectivity index is 1.32. The normalized spacial score (nSPS) is 19.6. The molecule has 2 aliphatic rings. The largest absolute Gasteiger partial charge is 0.492 e. The third-order valence-corrected chi connectivity index (χ3v) is 6.70. The van der Waals surface area contributed by atoms with Crippen molar-refractivity contribution in [3.63, 3.8) is 0 Å². The highest BCUT2D eigenvalue weighted by Gasteiger charge is 2.24. The Morgan fingerprint density at radius 1 is 0.969 bits per heavy atom. The Hall–Kier alpha value is -2.53. The maximum absolute atomic E-state index is 13.0. The molecule has 4 rings (SSSR count). The lowest BCUT2D eigenvalue weighted by molar-refractivity contribution is 0.0716. The molecule has 0 saturated carbocycles. The van der Waals surface area contributed by atoms with Crippen LogP contribution in [0.2, 0.25) is 0 Å².